The van der Waals surface area contributed by atoms with Crippen molar-refractivity contribution in [2.24, 2.45) is 0 Å². The van der Waals surface area contributed by atoms with Gasteiger partial charge in [-0.05, 0) is 17.7 Å². The molecule has 0 aliphatic carbocycles. The summed E-state index contributed by atoms with van der Waals surface area (Å²) in [6.07, 6.45) is 3.28. The van der Waals surface area contributed by atoms with Gasteiger partial charge < -0.3 is 15.2 Å². The summed E-state index contributed by atoms with van der Waals surface area (Å²) < 4.78 is 18.2. The molecule has 0 bridgehead atoms. The van der Waals surface area contributed by atoms with Crippen LogP contribution in [0.15, 0.2) is 48.7 Å². The summed E-state index contributed by atoms with van der Waals surface area (Å²) in [5.74, 6) is -2.27. The summed E-state index contributed by atoms with van der Waals surface area (Å²) in [5.41, 5.74) is 0.688. The molecule has 0 spiro atoms. The third kappa shape index (κ3) is 5.20. The monoisotopic (exact) mass is 330 g/mol. The Hall–Kier alpha value is -3.22. The number of hydrogen-bond acceptors (Lipinski definition) is 4. The zero-order valence-electron chi connectivity index (χ0n) is 12.6. The molecule has 0 saturated carbocycles. The highest BCUT2D eigenvalue weighted by Crippen LogP contribution is 2.09. The summed E-state index contributed by atoms with van der Waals surface area (Å²) in [6.45, 7) is 0.326. The molecule has 1 amide bonds. The van der Waals surface area contributed by atoms with Crippen molar-refractivity contribution in [3.63, 3.8) is 0 Å². The summed E-state index contributed by atoms with van der Waals surface area (Å²) >= 11 is 0. The first-order valence-corrected chi connectivity index (χ1v) is 7.06. The van der Waals surface area contributed by atoms with Crippen molar-refractivity contribution >= 4 is 18.1 Å². The third-order valence-corrected chi connectivity index (χ3v) is 2.97. The average molecular weight is 330 g/mol. The minimum Gasteiger partial charge on any atom is -0.478 e. The number of amides is 1. The van der Waals surface area contributed by atoms with E-state index < -0.39 is 23.4 Å². The van der Waals surface area contributed by atoms with E-state index in [1.807, 2.05) is 30.3 Å². The fraction of sp³-hybridized carbons (Fsp3) is 0.118. The van der Waals surface area contributed by atoms with Gasteiger partial charge in [0.15, 0.2) is 5.82 Å². The lowest BCUT2D eigenvalue weighted by Crippen LogP contribution is -2.24. The molecule has 2 N–H and O–H groups in total. The Morgan fingerprint density at radius 2 is 2.04 bits per heavy atom. The van der Waals surface area contributed by atoms with Crippen molar-refractivity contribution in [1.29, 1.82) is 0 Å². The molecule has 0 saturated heterocycles. The van der Waals surface area contributed by atoms with Gasteiger partial charge in [-0.25, -0.2) is 14.0 Å². The Bertz CT molecular complexity index is 748. The van der Waals surface area contributed by atoms with E-state index in [2.05, 4.69) is 10.3 Å². The average Bonchev–Trinajstić information content (AvgIpc) is 2.59. The highest BCUT2D eigenvalue weighted by atomic mass is 19.1. The standard InChI is InChI=1S/C17H15FN2O4/c18-15-10-20-13(9-14(15)16(21)22)7-4-8-19-17(23)24-11-12-5-2-1-3-6-12/h1-7,9-10H,8,11H2,(H,19,23)(H,21,22). The van der Waals surface area contributed by atoms with Crippen LogP contribution in [0.2, 0.25) is 0 Å². The lowest BCUT2D eigenvalue weighted by Gasteiger charge is -2.05. The molecule has 6 nitrogen and oxygen atoms in total. The van der Waals surface area contributed by atoms with Gasteiger partial charge in [0.05, 0.1) is 17.5 Å². The number of nitrogens with zero attached hydrogens (tertiary/aromatic N) is 1. The fourth-order valence-corrected chi connectivity index (χ4v) is 1.81. The van der Waals surface area contributed by atoms with Crippen LogP contribution in [0.1, 0.15) is 21.6 Å². The normalized spacial score (nSPS) is 10.5. The van der Waals surface area contributed by atoms with Gasteiger partial charge in [0.2, 0.25) is 0 Å². The zero-order chi connectivity index (χ0) is 17.4. The number of carbonyl (C=O) groups excluding carboxylic acids is 1. The van der Waals surface area contributed by atoms with Gasteiger partial charge in [0, 0.05) is 6.54 Å². The number of aromatic carboxylic acids is 1. The second-order valence-electron chi connectivity index (χ2n) is 4.74. The predicted molar refractivity (Wildman–Crippen MR) is 84.8 cm³/mol. The van der Waals surface area contributed by atoms with Gasteiger partial charge in [-0.2, -0.15) is 0 Å². The van der Waals surface area contributed by atoms with E-state index in [1.54, 1.807) is 6.08 Å². The maximum Gasteiger partial charge on any atom is 0.407 e. The first-order valence-electron chi connectivity index (χ1n) is 7.06. The van der Waals surface area contributed by atoms with Crippen LogP contribution in [0, 0.1) is 5.82 Å². The summed E-state index contributed by atoms with van der Waals surface area (Å²) in [5, 5.41) is 11.3. The van der Waals surface area contributed by atoms with Crippen LogP contribution in [0.3, 0.4) is 0 Å². The van der Waals surface area contributed by atoms with Gasteiger partial charge in [-0.1, -0.05) is 36.4 Å². The number of rotatable bonds is 6. The molecule has 1 aromatic heterocycles. The van der Waals surface area contributed by atoms with E-state index in [0.29, 0.717) is 0 Å². The summed E-state index contributed by atoms with van der Waals surface area (Å²) in [6, 6.07) is 10.4. The van der Waals surface area contributed by atoms with Crippen molar-refractivity contribution in [2.75, 3.05) is 6.54 Å². The maximum absolute atomic E-state index is 13.2. The zero-order valence-corrected chi connectivity index (χ0v) is 12.6. The van der Waals surface area contributed by atoms with Crippen molar-refractivity contribution in [2.45, 2.75) is 6.61 Å². The van der Waals surface area contributed by atoms with E-state index in [-0.39, 0.29) is 18.8 Å². The van der Waals surface area contributed by atoms with Gasteiger partial charge in [0.25, 0.3) is 0 Å². The van der Waals surface area contributed by atoms with Crippen LogP contribution in [0.25, 0.3) is 6.08 Å². The van der Waals surface area contributed by atoms with E-state index in [1.165, 1.54) is 6.08 Å². The molecule has 0 aliphatic heterocycles. The second kappa shape index (κ2) is 8.42. The molecule has 7 heteroatoms. The molecule has 0 radical (unpaired) electrons. The first-order chi connectivity index (χ1) is 11.6. The Kier molecular flexibility index (Phi) is 6.01. The number of ether oxygens (including phenoxy) is 1. The number of aromatic nitrogens is 1. The SMILES string of the molecule is O=C(NCC=Cc1cc(C(=O)O)c(F)cn1)OCc1ccccc1. The van der Waals surface area contributed by atoms with E-state index in [4.69, 9.17) is 9.84 Å². The molecule has 2 rings (SSSR count). The van der Waals surface area contributed by atoms with E-state index in [0.717, 1.165) is 17.8 Å². The second-order valence-corrected chi connectivity index (χ2v) is 4.74. The molecule has 0 fully saturated rings. The minimum absolute atomic E-state index is 0.162. The molecule has 0 unspecified atom stereocenters. The predicted octanol–water partition coefficient (Wildman–Crippen LogP) is 2.86. The molecular weight excluding hydrogens is 315 g/mol. The Morgan fingerprint density at radius 1 is 1.29 bits per heavy atom. The minimum atomic E-state index is -1.37. The summed E-state index contributed by atoms with van der Waals surface area (Å²) in [7, 11) is 0. The Morgan fingerprint density at radius 3 is 2.75 bits per heavy atom. The van der Waals surface area contributed by atoms with E-state index >= 15 is 0 Å². The number of carboxylic acids is 1. The molecule has 124 valence electrons. The lowest BCUT2D eigenvalue weighted by atomic mass is 10.2. The fourth-order valence-electron chi connectivity index (χ4n) is 1.81. The number of carbonyl (C=O) groups is 2. The van der Waals surface area contributed by atoms with Crippen molar-refractivity contribution in [3.8, 4) is 0 Å². The highest BCUT2D eigenvalue weighted by molar-refractivity contribution is 5.88. The largest absolute Gasteiger partial charge is 0.478 e. The van der Waals surface area contributed by atoms with Gasteiger partial charge >= 0.3 is 12.1 Å². The molecule has 1 heterocycles. The number of carboxylic acid groups (broad SMARTS) is 1. The quantitative estimate of drug-likeness (QED) is 0.850. The van der Waals surface area contributed by atoms with Crippen molar-refractivity contribution in [3.05, 3.63) is 71.3 Å². The number of pyridine rings is 1. The van der Waals surface area contributed by atoms with E-state index in [9.17, 15) is 14.0 Å². The van der Waals surface area contributed by atoms with Gasteiger partial charge in [-0.15, -0.1) is 0 Å². The van der Waals surface area contributed by atoms with Crippen LogP contribution in [-0.2, 0) is 11.3 Å². The Labute approximate surface area is 137 Å². The van der Waals surface area contributed by atoms with Crippen LogP contribution in [0.4, 0.5) is 9.18 Å². The smallest absolute Gasteiger partial charge is 0.407 e. The molecule has 24 heavy (non-hydrogen) atoms. The lowest BCUT2D eigenvalue weighted by molar-refractivity contribution is 0.0691. The number of halogens is 1. The molecule has 0 aliphatic rings. The molecular formula is C17H15FN2O4. The summed E-state index contributed by atoms with van der Waals surface area (Å²) in [4.78, 5) is 26.1. The van der Waals surface area contributed by atoms with Crippen LogP contribution >= 0.6 is 0 Å². The third-order valence-electron chi connectivity index (χ3n) is 2.97. The molecule has 1 aromatic carbocycles. The van der Waals surface area contributed by atoms with Crippen LogP contribution < -0.4 is 5.32 Å². The number of alkyl carbamates (subject to hydrolysis) is 1. The molecule has 2 aromatic rings. The number of benzene rings is 1. The van der Waals surface area contributed by atoms with Crippen LogP contribution in [-0.4, -0.2) is 28.7 Å². The Balaban J connectivity index is 1.79. The highest BCUT2D eigenvalue weighted by Gasteiger charge is 2.10. The van der Waals surface area contributed by atoms with Crippen molar-refractivity contribution in [1.82, 2.24) is 10.3 Å². The molecule has 0 atom stereocenters. The van der Waals surface area contributed by atoms with Gasteiger partial charge in [0.1, 0.15) is 6.61 Å². The number of hydrogen-bond donors (Lipinski definition) is 2. The van der Waals surface area contributed by atoms with Crippen molar-refractivity contribution < 1.29 is 23.8 Å². The number of nitrogens with one attached hydrogen (secondary N) is 1. The topological polar surface area (TPSA) is 88.5 Å². The first kappa shape index (κ1) is 17.1. The van der Waals surface area contributed by atoms with Gasteiger partial charge in [-0.3, -0.25) is 4.98 Å². The maximum atomic E-state index is 13.2. The van der Waals surface area contributed by atoms with Crippen LogP contribution in [0.5, 0.6) is 0 Å².